The van der Waals surface area contributed by atoms with E-state index in [9.17, 15) is 4.39 Å². The zero-order valence-corrected chi connectivity index (χ0v) is 15.6. The van der Waals surface area contributed by atoms with Crippen molar-refractivity contribution in [2.24, 2.45) is 10.9 Å². The third kappa shape index (κ3) is 5.92. The second-order valence-corrected chi connectivity index (χ2v) is 7.00. The summed E-state index contributed by atoms with van der Waals surface area (Å²) in [5, 5.41) is 8.44. The highest BCUT2D eigenvalue weighted by Crippen LogP contribution is 2.23. The van der Waals surface area contributed by atoms with Crippen molar-refractivity contribution in [3.63, 3.8) is 0 Å². The molecule has 1 heterocycles. The minimum Gasteiger partial charge on any atom is -0.452 e. The van der Waals surface area contributed by atoms with Gasteiger partial charge in [-0.3, -0.25) is 10.4 Å². The molecule has 4 nitrogen and oxygen atoms in total. The molecule has 0 amide bonds. The second-order valence-electron chi connectivity index (χ2n) is 7.00. The van der Waals surface area contributed by atoms with Crippen LogP contribution in [-0.2, 0) is 15.9 Å². The minimum absolute atomic E-state index is 0.101. The maximum absolute atomic E-state index is 14.1. The first kappa shape index (κ1) is 19.6. The van der Waals surface area contributed by atoms with Crippen LogP contribution in [0, 0.1) is 17.1 Å². The summed E-state index contributed by atoms with van der Waals surface area (Å²) in [4.78, 5) is 4.57. The van der Waals surface area contributed by atoms with Crippen molar-refractivity contribution in [2.45, 2.75) is 71.8 Å². The molecule has 5 heteroatoms. The molecule has 138 valence electrons. The van der Waals surface area contributed by atoms with Crippen molar-refractivity contribution < 1.29 is 13.9 Å². The molecule has 1 N–H and O–H groups in total. The van der Waals surface area contributed by atoms with E-state index in [1.165, 1.54) is 6.07 Å². The molecular formula is C20H29FN2O2. The molecule has 1 aliphatic heterocycles. The summed E-state index contributed by atoms with van der Waals surface area (Å²) in [6.07, 6.45) is 2.92. The number of rotatable bonds is 6. The van der Waals surface area contributed by atoms with Gasteiger partial charge in [-0.2, -0.15) is 0 Å². The standard InChI is InChI=1S/C20H29FN2O2/c1-13(2)23-15(4)17(12-16-9-5-6-10-18(16)21)20(22)25-19-11-7-8-14(3)24-19/h5-6,9-10,13-14,17,19,22H,7-8,11-12H2,1-4H3. The molecule has 0 radical (unpaired) electrons. The first-order valence-electron chi connectivity index (χ1n) is 9.05. The third-order valence-corrected chi connectivity index (χ3v) is 4.36. The lowest BCUT2D eigenvalue weighted by molar-refractivity contribution is -0.149. The molecule has 0 aliphatic carbocycles. The van der Waals surface area contributed by atoms with Crippen molar-refractivity contribution in [2.75, 3.05) is 0 Å². The molecule has 0 spiro atoms. The van der Waals surface area contributed by atoms with Crippen LogP contribution in [0.15, 0.2) is 29.3 Å². The van der Waals surface area contributed by atoms with Gasteiger partial charge in [0.15, 0.2) is 5.90 Å². The largest absolute Gasteiger partial charge is 0.452 e. The van der Waals surface area contributed by atoms with E-state index in [0.29, 0.717) is 12.0 Å². The predicted octanol–water partition coefficient (Wildman–Crippen LogP) is 4.76. The highest BCUT2D eigenvalue weighted by atomic mass is 19.1. The Morgan fingerprint density at radius 1 is 1.36 bits per heavy atom. The van der Waals surface area contributed by atoms with Crippen LogP contribution in [0.3, 0.4) is 0 Å². The summed E-state index contributed by atoms with van der Waals surface area (Å²) in [5.41, 5.74) is 1.35. The number of benzene rings is 1. The Morgan fingerprint density at radius 3 is 2.72 bits per heavy atom. The Kier molecular flexibility index (Phi) is 7.12. The molecule has 3 unspecified atom stereocenters. The van der Waals surface area contributed by atoms with E-state index < -0.39 is 6.29 Å². The molecule has 2 rings (SSSR count). The average Bonchev–Trinajstić information content (AvgIpc) is 2.53. The quantitative estimate of drug-likeness (QED) is 0.595. The van der Waals surface area contributed by atoms with Gasteiger partial charge in [0.05, 0.1) is 12.0 Å². The minimum atomic E-state index is -0.397. The smallest absolute Gasteiger partial charge is 0.201 e. The van der Waals surface area contributed by atoms with Crippen molar-refractivity contribution >= 4 is 11.6 Å². The van der Waals surface area contributed by atoms with Gasteiger partial charge in [0, 0.05) is 18.2 Å². The molecule has 1 aromatic carbocycles. The van der Waals surface area contributed by atoms with Crippen molar-refractivity contribution in [1.82, 2.24) is 0 Å². The number of ether oxygens (including phenoxy) is 2. The second kappa shape index (κ2) is 9.09. The molecule has 0 aromatic heterocycles. The first-order chi connectivity index (χ1) is 11.9. The van der Waals surface area contributed by atoms with E-state index in [0.717, 1.165) is 25.0 Å². The van der Waals surface area contributed by atoms with E-state index in [1.807, 2.05) is 27.7 Å². The topological polar surface area (TPSA) is 54.7 Å². The number of nitrogens with one attached hydrogen (secondary N) is 1. The van der Waals surface area contributed by atoms with Gasteiger partial charge in [-0.05, 0) is 58.6 Å². The first-order valence-corrected chi connectivity index (χ1v) is 9.05. The predicted molar refractivity (Wildman–Crippen MR) is 98.8 cm³/mol. The van der Waals surface area contributed by atoms with E-state index in [-0.39, 0.29) is 29.8 Å². The van der Waals surface area contributed by atoms with Gasteiger partial charge >= 0.3 is 0 Å². The number of nitrogens with zero attached hydrogens (tertiary/aromatic N) is 1. The van der Waals surface area contributed by atoms with Gasteiger partial charge in [0.1, 0.15) is 5.82 Å². The zero-order valence-electron chi connectivity index (χ0n) is 15.6. The number of halogens is 1. The summed E-state index contributed by atoms with van der Waals surface area (Å²) in [6.45, 7) is 7.87. The Morgan fingerprint density at radius 2 is 2.08 bits per heavy atom. The Labute approximate surface area is 150 Å². The number of hydrogen-bond donors (Lipinski definition) is 1. The molecule has 3 atom stereocenters. The molecule has 1 saturated heterocycles. The van der Waals surface area contributed by atoms with Crippen LogP contribution < -0.4 is 0 Å². The maximum Gasteiger partial charge on any atom is 0.201 e. The van der Waals surface area contributed by atoms with Crippen molar-refractivity contribution in [1.29, 1.82) is 5.41 Å². The van der Waals surface area contributed by atoms with Crippen LogP contribution in [0.1, 0.15) is 52.5 Å². The van der Waals surface area contributed by atoms with Gasteiger partial charge in [0.2, 0.25) is 6.29 Å². The van der Waals surface area contributed by atoms with Crippen LogP contribution in [0.5, 0.6) is 0 Å². The maximum atomic E-state index is 14.1. The summed E-state index contributed by atoms with van der Waals surface area (Å²) >= 11 is 0. The van der Waals surface area contributed by atoms with Crippen LogP contribution in [0.4, 0.5) is 4.39 Å². The van der Waals surface area contributed by atoms with Crippen LogP contribution in [-0.4, -0.2) is 30.0 Å². The fraction of sp³-hybridized carbons (Fsp3) is 0.600. The summed E-state index contributed by atoms with van der Waals surface area (Å²) in [7, 11) is 0. The molecule has 1 fully saturated rings. The fourth-order valence-corrected chi connectivity index (χ4v) is 3.09. The molecule has 1 aliphatic rings. The van der Waals surface area contributed by atoms with E-state index in [2.05, 4.69) is 4.99 Å². The summed E-state index contributed by atoms with van der Waals surface area (Å²) < 4.78 is 25.6. The summed E-state index contributed by atoms with van der Waals surface area (Å²) in [5.74, 6) is -0.551. The Bertz CT molecular complexity index is 615. The van der Waals surface area contributed by atoms with E-state index in [4.69, 9.17) is 14.9 Å². The zero-order chi connectivity index (χ0) is 18.4. The number of hydrogen-bond acceptors (Lipinski definition) is 4. The van der Waals surface area contributed by atoms with Gasteiger partial charge in [-0.1, -0.05) is 18.2 Å². The SMILES string of the molecule is CC(=NC(C)C)C(Cc1ccccc1F)C(=N)OC1CCCC(C)O1. The fourth-order valence-electron chi connectivity index (χ4n) is 3.09. The molecule has 0 saturated carbocycles. The van der Waals surface area contributed by atoms with Gasteiger partial charge < -0.3 is 9.47 Å². The normalized spacial score (nSPS) is 22.7. The van der Waals surface area contributed by atoms with E-state index in [1.54, 1.807) is 18.2 Å². The number of aliphatic imine (C=N–C) groups is 1. The van der Waals surface area contributed by atoms with Crippen LogP contribution in [0.2, 0.25) is 0 Å². The van der Waals surface area contributed by atoms with Crippen molar-refractivity contribution in [3.05, 3.63) is 35.6 Å². The average molecular weight is 348 g/mol. The highest BCUT2D eigenvalue weighted by molar-refractivity contribution is 6.02. The molecular weight excluding hydrogens is 319 g/mol. The highest BCUT2D eigenvalue weighted by Gasteiger charge is 2.27. The van der Waals surface area contributed by atoms with E-state index >= 15 is 0 Å². The molecule has 0 bridgehead atoms. The lowest BCUT2D eigenvalue weighted by Gasteiger charge is -2.30. The monoisotopic (exact) mass is 348 g/mol. The Balaban J connectivity index is 2.15. The van der Waals surface area contributed by atoms with Crippen LogP contribution in [0.25, 0.3) is 0 Å². The molecule has 1 aromatic rings. The summed E-state index contributed by atoms with van der Waals surface area (Å²) in [6, 6.07) is 6.78. The van der Waals surface area contributed by atoms with Gasteiger partial charge in [0.25, 0.3) is 0 Å². The molecule has 25 heavy (non-hydrogen) atoms. The Hall–Kier alpha value is -1.75. The third-order valence-electron chi connectivity index (χ3n) is 4.36. The van der Waals surface area contributed by atoms with Crippen molar-refractivity contribution in [3.8, 4) is 0 Å². The lowest BCUT2D eigenvalue weighted by atomic mass is 9.94. The lowest BCUT2D eigenvalue weighted by Crippen LogP contribution is -2.35. The van der Waals surface area contributed by atoms with Gasteiger partial charge in [-0.25, -0.2) is 4.39 Å². The van der Waals surface area contributed by atoms with Crippen LogP contribution >= 0.6 is 0 Å². The van der Waals surface area contributed by atoms with Gasteiger partial charge in [-0.15, -0.1) is 0 Å².